The predicted octanol–water partition coefficient (Wildman–Crippen LogP) is 3.71. The maximum absolute atomic E-state index is 14.0. The third-order valence-corrected chi connectivity index (χ3v) is 5.98. The quantitative estimate of drug-likeness (QED) is 0.310. The lowest BCUT2D eigenvalue weighted by Crippen LogP contribution is -2.55. The smallest absolute Gasteiger partial charge is 0.408 e. The Morgan fingerprint density at radius 2 is 1.71 bits per heavy atom. The fourth-order valence-electron chi connectivity index (χ4n) is 3.97. The van der Waals surface area contributed by atoms with Crippen molar-refractivity contribution in [2.24, 2.45) is 5.92 Å². The first-order valence-electron chi connectivity index (χ1n) is 12.9. The summed E-state index contributed by atoms with van der Waals surface area (Å²) in [6.45, 7) is 14.0. The van der Waals surface area contributed by atoms with E-state index in [0.29, 0.717) is 12.0 Å². The summed E-state index contributed by atoms with van der Waals surface area (Å²) in [6, 6.07) is 5.27. The van der Waals surface area contributed by atoms with E-state index >= 15 is 0 Å². The highest BCUT2D eigenvalue weighted by atomic mass is 16.6. The number of rotatable bonds is 12. The Balaban J connectivity index is 3.49. The molecule has 1 aromatic rings. The average Bonchev–Trinajstić information content (AvgIpc) is 2.82. The fraction of sp³-hybridized carbons (Fsp3) is 0.607. The van der Waals surface area contributed by atoms with Gasteiger partial charge in [0.1, 0.15) is 24.2 Å². The van der Waals surface area contributed by atoms with Crippen LogP contribution in [0, 0.1) is 31.1 Å². The van der Waals surface area contributed by atoms with Gasteiger partial charge in [0.05, 0.1) is 19.1 Å². The first-order chi connectivity index (χ1) is 17.8. The molecule has 0 bridgehead atoms. The SMILES string of the molecule is CCOC(=O)CCNC(=O)C(c1c(C)cccc1C)N(CC#N)C(=O)C(NC(=O)OC(C)(C)C)C(C)CC. The first-order valence-corrected chi connectivity index (χ1v) is 12.9. The molecular weight excluding hydrogens is 488 g/mol. The van der Waals surface area contributed by atoms with E-state index in [2.05, 4.69) is 10.6 Å². The van der Waals surface area contributed by atoms with Crippen LogP contribution in [-0.2, 0) is 23.9 Å². The van der Waals surface area contributed by atoms with Gasteiger partial charge in [0.2, 0.25) is 11.8 Å². The summed E-state index contributed by atoms with van der Waals surface area (Å²) in [5, 5.41) is 15.0. The molecule has 0 spiro atoms. The van der Waals surface area contributed by atoms with Crippen LogP contribution in [0.1, 0.15) is 77.1 Å². The average molecular weight is 531 g/mol. The van der Waals surface area contributed by atoms with E-state index in [-0.39, 0.29) is 25.5 Å². The third kappa shape index (κ3) is 9.69. The van der Waals surface area contributed by atoms with Gasteiger partial charge in [0, 0.05) is 6.54 Å². The van der Waals surface area contributed by atoms with Crippen molar-refractivity contribution >= 4 is 23.9 Å². The molecule has 0 fully saturated rings. The van der Waals surface area contributed by atoms with E-state index in [1.807, 2.05) is 45.0 Å². The van der Waals surface area contributed by atoms with Crippen molar-refractivity contribution in [3.05, 3.63) is 34.9 Å². The van der Waals surface area contributed by atoms with Crippen LogP contribution in [0.4, 0.5) is 4.79 Å². The minimum absolute atomic E-state index is 0.00136. The van der Waals surface area contributed by atoms with Gasteiger partial charge in [-0.05, 0) is 64.2 Å². The highest BCUT2D eigenvalue weighted by Crippen LogP contribution is 2.29. The minimum Gasteiger partial charge on any atom is -0.466 e. The number of nitriles is 1. The Labute approximate surface area is 226 Å². The Morgan fingerprint density at radius 1 is 1.11 bits per heavy atom. The van der Waals surface area contributed by atoms with Gasteiger partial charge in [-0.1, -0.05) is 38.5 Å². The van der Waals surface area contributed by atoms with E-state index in [4.69, 9.17) is 9.47 Å². The van der Waals surface area contributed by atoms with Crippen molar-refractivity contribution < 1.29 is 28.7 Å². The number of alkyl carbamates (subject to hydrolysis) is 1. The standard InChI is InChI=1S/C28H42N4O6/c1-9-18(3)23(31-27(36)38-28(6,7)8)26(35)32(17-15-29)24(22-19(4)12-11-13-20(22)5)25(34)30-16-14-21(33)37-10-2/h11-13,18,23-24H,9-10,14,16-17H2,1-8H3,(H,30,34)(H,31,36). The van der Waals surface area contributed by atoms with E-state index in [9.17, 15) is 24.4 Å². The second-order valence-corrected chi connectivity index (χ2v) is 10.2. The molecule has 210 valence electrons. The molecule has 0 aliphatic carbocycles. The normalized spacial score (nSPS) is 13.3. The minimum atomic E-state index is -1.17. The van der Waals surface area contributed by atoms with Crippen LogP contribution in [0.2, 0.25) is 0 Å². The van der Waals surface area contributed by atoms with Crippen molar-refractivity contribution in [3.8, 4) is 6.07 Å². The Kier molecular flexibility index (Phi) is 12.8. The summed E-state index contributed by atoms with van der Waals surface area (Å²) in [5.41, 5.74) is 1.31. The number of esters is 1. The van der Waals surface area contributed by atoms with Gasteiger partial charge in [-0.15, -0.1) is 0 Å². The van der Waals surface area contributed by atoms with Crippen LogP contribution in [-0.4, -0.2) is 60.1 Å². The zero-order valence-corrected chi connectivity index (χ0v) is 23.8. The van der Waals surface area contributed by atoms with Crippen LogP contribution in [0.25, 0.3) is 0 Å². The van der Waals surface area contributed by atoms with Gasteiger partial charge in [-0.3, -0.25) is 14.4 Å². The zero-order chi connectivity index (χ0) is 29.0. The number of carbonyl (C=O) groups is 4. The third-order valence-electron chi connectivity index (χ3n) is 5.98. The van der Waals surface area contributed by atoms with Crippen LogP contribution in [0.5, 0.6) is 0 Å². The van der Waals surface area contributed by atoms with Gasteiger partial charge in [0.15, 0.2) is 0 Å². The molecule has 0 heterocycles. The topological polar surface area (TPSA) is 138 Å². The number of hydrogen-bond donors (Lipinski definition) is 2. The molecule has 2 N–H and O–H groups in total. The van der Waals surface area contributed by atoms with E-state index in [1.165, 1.54) is 4.90 Å². The second kappa shape index (κ2) is 15.0. The van der Waals surface area contributed by atoms with Crippen molar-refractivity contribution in [3.63, 3.8) is 0 Å². The van der Waals surface area contributed by atoms with Crippen molar-refractivity contribution in [1.29, 1.82) is 5.26 Å². The van der Waals surface area contributed by atoms with Gasteiger partial charge in [-0.2, -0.15) is 5.26 Å². The molecule has 0 radical (unpaired) electrons. The van der Waals surface area contributed by atoms with Gasteiger partial charge < -0.3 is 25.0 Å². The maximum atomic E-state index is 14.0. The lowest BCUT2D eigenvalue weighted by Gasteiger charge is -2.35. The summed E-state index contributed by atoms with van der Waals surface area (Å²) in [6.07, 6.45) is -0.261. The maximum Gasteiger partial charge on any atom is 0.408 e. The number of nitrogens with zero attached hydrogens (tertiary/aromatic N) is 2. The molecule has 10 heteroatoms. The zero-order valence-electron chi connectivity index (χ0n) is 23.8. The van der Waals surface area contributed by atoms with Gasteiger partial charge in [0.25, 0.3) is 0 Å². The van der Waals surface area contributed by atoms with Crippen LogP contribution in [0.3, 0.4) is 0 Å². The molecule has 0 aromatic heterocycles. The predicted molar refractivity (Wildman–Crippen MR) is 143 cm³/mol. The number of ether oxygens (including phenoxy) is 2. The highest BCUT2D eigenvalue weighted by molar-refractivity contribution is 5.93. The molecule has 1 rings (SSSR count). The summed E-state index contributed by atoms with van der Waals surface area (Å²) >= 11 is 0. The monoisotopic (exact) mass is 530 g/mol. The Morgan fingerprint density at radius 3 is 2.21 bits per heavy atom. The van der Waals surface area contributed by atoms with E-state index < -0.39 is 48.1 Å². The molecule has 0 aliphatic rings. The molecule has 10 nitrogen and oxygen atoms in total. The molecule has 0 saturated carbocycles. The van der Waals surface area contributed by atoms with Crippen LogP contribution in [0.15, 0.2) is 18.2 Å². The molecule has 3 amide bonds. The summed E-state index contributed by atoms with van der Waals surface area (Å²) in [5.74, 6) is -1.91. The molecule has 0 saturated heterocycles. The lowest BCUT2D eigenvalue weighted by molar-refractivity contribution is -0.144. The fourth-order valence-corrected chi connectivity index (χ4v) is 3.97. The van der Waals surface area contributed by atoms with Gasteiger partial charge >= 0.3 is 12.1 Å². The number of hydrogen-bond acceptors (Lipinski definition) is 7. The lowest BCUT2D eigenvalue weighted by atomic mass is 9.92. The molecule has 1 aromatic carbocycles. The number of carbonyl (C=O) groups excluding carboxylic acids is 4. The molecule has 3 atom stereocenters. The Bertz CT molecular complexity index is 1010. The van der Waals surface area contributed by atoms with Crippen molar-refractivity contribution in [2.75, 3.05) is 19.7 Å². The second-order valence-electron chi connectivity index (χ2n) is 10.2. The first kappa shape index (κ1) is 32.4. The van der Waals surface area contributed by atoms with Gasteiger partial charge in [-0.25, -0.2) is 4.79 Å². The highest BCUT2D eigenvalue weighted by Gasteiger charge is 2.39. The summed E-state index contributed by atoms with van der Waals surface area (Å²) in [4.78, 5) is 53.2. The van der Waals surface area contributed by atoms with Crippen LogP contribution >= 0.6 is 0 Å². The van der Waals surface area contributed by atoms with E-state index in [0.717, 1.165) is 11.1 Å². The number of aryl methyl sites for hydroxylation is 2. The molecule has 0 aliphatic heterocycles. The largest absolute Gasteiger partial charge is 0.466 e. The van der Waals surface area contributed by atoms with E-state index in [1.54, 1.807) is 34.6 Å². The summed E-state index contributed by atoms with van der Waals surface area (Å²) < 4.78 is 10.3. The summed E-state index contributed by atoms with van der Waals surface area (Å²) in [7, 11) is 0. The van der Waals surface area contributed by atoms with Crippen molar-refractivity contribution in [2.45, 2.75) is 85.9 Å². The number of nitrogens with one attached hydrogen (secondary N) is 2. The molecular formula is C28H42N4O6. The van der Waals surface area contributed by atoms with Crippen molar-refractivity contribution in [1.82, 2.24) is 15.5 Å². The number of amides is 3. The molecule has 3 unspecified atom stereocenters. The Hall–Kier alpha value is -3.61. The number of benzene rings is 1. The van der Waals surface area contributed by atoms with Crippen LogP contribution < -0.4 is 10.6 Å². The molecule has 38 heavy (non-hydrogen) atoms.